The molecule has 0 N–H and O–H groups in total. The molecule has 13 heavy (non-hydrogen) atoms. The van der Waals surface area contributed by atoms with Crippen molar-refractivity contribution in [1.29, 1.82) is 0 Å². The summed E-state index contributed by atoms with van der Waals surface area (Å²) in [7, 11) is 0. The Morgan fingerprint density at radius 2 is 2.46 bits per heavy atom. The van der Waals surface area contributed by atoms with Gasteiger partial charge in [-0.25, -0.2) is 4.98 Å². The van der Waals surface area contributed by atoms with Crippen molar-refractivity contribution < 1.29 is 4.42 Å². The van der Waals surface area contributed by atoms with Crippen LogP contribution >= 0.6 is 24.0 Å². The number of rotatable bonds is 2. The van der Waals surface area contributed by atoms with E-state index in [0.29, 0.717) is 0 Å². The van der Waals surface area contributed by atoms with E-state index in [0.717, 1.165) is 22.2 Å². The molecule has 0 bridgehead atoms. The van der Waals surface area contributed by atoms with Crippen LogP contribution in [0.15, 0.2) is 22.8 Å². The van der Waals surface area contributed by atoms with Crippen LogP contribution in [0.2, 0.25) is 0 Å². The molecule has 0 amide bonds. The minimum Gasteiger partial charge on any atom is -0.462 e. The topological polar surface area (TPSA) is 26.0 Å². The molecule has 0 aliphatic carbocycles. The fourth-order valence-corrected chi connectivity index (χ4v) is 2.39. The Morgan fingerprint density at radius 1 is 1.62 bits per heavy atom. The van der Waals surface area contributed by atoms with Gasteiger partial charge in [-0.1, -0.05) is 0 Å². The number of hydrogen-bond donors (Lipinski definition) is 1. The van der Waals surface area contributed by atoms with Crippen molar-refractivity contribution in [3.05, 3.63) is 29.0 Å². The second-order valence-corrected chi connectivity index (χ2v) is 4.06. The van der Waals surface area contributed by atoms with Crippen molar-refractivity contribution in [1.82, 2.24) is 4.98 Å². The summed E-state index contributed by atoms with van der Waals surface area (Å²) in [5, 5.41) is 0.937. The first-order valence-corrected chi connectivity index (χ1v) is 5.37. The van der Waals surface area contributed by atoms with Crippen LogP contribution in [0.4, 0.5) is 0 Å². The zero-order chi connectivity index (χ0) is 9.26. The van der Waals surface area contributed by atoms with E-state index < -0.39 is 0 Å². The minimum absolute atomic E-state index is 0.740. The fourth-order valence-electron chi connectivity index (χ4n) is 1.08. The monoisotopic (exact) mass is 211 g/mol. The molecule has 0 radical (unpaired) electrons. The number of nitrogens with zero attached hydrogens (tertiary/aromatic N) is 1. The Morgan fingerprint density at radius 3 is 3.00 bits per heavy atom. The number of thiol groups is 1. The molecule has 0 saturated heterocycles. The number of aromatic nitrogens is 1. The fraction of sp³-hybridized carbons (Fsp3) is 0.222. The lowest BCUT2D eigenvalue weighted by Gasteiger charge is -1.85. The van der Waals surface area contributed by atoms with Gasteiger partial charge in [-0.3, -0.25) is 0 Å². The molecule has 0 aliphatic rings. The first-order chi connectivity index (χ1) is 6.31. The predicted octanol–water partition coefficient (Wildman–Crippen LogP) is 3.14. The van der Waals surface area contributed by atoms with Gasteiger partial charge in [-0.05, 0) is 19.1 Å². The normalized spacial score (nSPS) is 10.6. The standard InChI is InChI=1S/C9H9NOS2/c1-6-8(5-12)13-9(10-6)7-3-2-4-11-7/h2-4,12H,5H2,1H3. The Kier molecular flexibility index (Phi) is 2.42. The Labute approximate surface area is 86.0 Å². The van der Waals surface area contributed by atoms with Crippen LogP contribution in [0.5, 0.6) is 0 Å². The molecule has 0 unspecified atom stereocenters. The number of furan rings is 1. The lowest BCUT2D eigenvalue weighted by Crippen LogP contribution is -1.76. The highest BCUT2D eigenvalue weighted by molar-refractivity contribution is 7.79. The molecule has 4 heteroatoms. The summed E-state index contributed by atoms with van der Waals surface area (Å²) < 4.78 is 5.26. The Hall–Kier alpha value is -0.740. The molecule has 0 aliphatic heterocycles. The molecule has 2 aromatic rings. The van der Waals surface area contributed by atoms with Crippen LogP contribution in [0, 0.1) is 6.92 Å². The summed E-state index contributed by atoms with van der Waals surface area (Å²) in [4.78, 5) is 5.60. The molecular weight excluding hydrogens is 202 g/mol. The highest BCUT2D eigenvalue weighted by Crippen LogP contribution is 2.28. The van der Waals surface area contributed by atoms with Crippen LogP contribution in [0.3, 0.4) is 0 Å². The third-order valence-corrected chi connectivity index (χ3v) is 3.47. The van der Waals surface area contributed by atoms with Crippen molar-refractivity contribution in [3.8, 4) is 10.8 Å². The first kappa shape index (κ1) is 8.84. The van der Waals surface area contributed by atoms with E-state index in [1.807, 2.05) is 19.1 Å². The first-order valence-electron chi connectivity index (χ1n) is 3.92. The number of aryl methyl sites for hydroxylation is 1. The Bertz CT molecular complexity index is 392. The van der Waals surface area contributed by atoms with Gasteiger partial charge in [0, 0.05) is 10.6 Å². The second kappa shape index (κ2) is 3.55. The van der Waals surface area contributed by atoms with E-state index in [1.165, 1.54) is 4.88 Å². The molecule has 0 aromatic carbocycles. The summed E-state index contributed by atoms with van der Waals surface area (Å²) in [6, 6.07) is 3.78. The van der Waals surface area contributed by atoms with Crippen molar-refractivity contribution >= 4 is 24.0 Å². The summed E-state index contributed by atoms with van der Waals surface area (Å²) in [5.74, 6) is 1.57. The third kappa shape index (κ3) is 1.64. The largest absolute Gasteiger partial charge is 0.462 e. The molecule has 2 aromatic heterocycles. The van der Waals surface area contributed by atoms with Crippen LogP contribution in [-0.2, 0) is 5.75 Å². The third-order valence-electron chi connectivity index (χ3n) is 1.77. The van der Waals surface area contributed by atoms with Crippen molar-refractivity contribution in [2.24, 2.45) is 0 Å². The van der Waals surface area contributed by atoms with Gasteiger partial charge in [0.25, 0.3) is 0 Å². The SMILES string of the molecule is Cc1nc(-c2ccco2)sc1CS. The van der Waals surface area contributed by atoms with Gasteiger partial charge in [-0.2, -0.15) is 12.6 Å². The molecule has 2 rings (SSSR count). The molecule has 0 spiro atoms. The Balaban J connectivity index is 2.43. The lowest BCUT2D eigenvalue weighted by atomic mass is 10.4. The molecule has 68 valence electrons. The van der Waals surface area contributed by atoms with Gasteiger partial charge in [0.05, 0.1) is 12.0 Å². The van der Waals surface area contributed by atoms with E-state index in [-0.39, 0.29) is 0 Å². The molecule has 2 nitrogen and oxygen atoms in total. The van der Waals surface area contributed by atoms with Gasteiger partial charge < -0.3 is 4.42 Å². The quantitative estimate of drug-likeness (QED) is 0.772. The average molecular weight is 211 g/mol. The van der Waals surface area contributed by atoms with E-state index >= 15 is 0 Å². The van der Waals surface area contributed by atoms with Gasteiger partial charge in [0.15, 0.2) is 10.8 Å². The number of hydrogen-bond acceptors (Lipinski definition) is 4. The maximum Gasteiger partial charge on any atom is 0.162 e. The highest BCUT2D eigenvalue weighted by atomic mass is 32.1. The molecule has 0 atom stereocenters. The van der Waals surface area contributed by atoms with E-state index in [4.69, 9.17) is 4.42 Å². The highest BCUT2D eigenvalue weighted by Gasteiger charge is 2.09. The maximum absolute atomic E-state index is 5.26. The number of thiazole rings is 1. The summed E-state index contributed by atoms with van der Waals surface area (Å²) in [6.07, 6.45) is 1.66. The van der Waals surface area contributed by atoms with Crippen LogP contribution in [-0.4, -0.2) is 4.98 Å². The van der Waals surface area contributed by atoms with Gasteiger partial charge in [0.2, 0.25) is 0 Å². The van der Waals surface area contributed by atoms with E-state index in [2.05, 4.69) is 17.6 Å². The maximum atomic E-state index is 5.26. The smallest absolute Gasteiger partial charge is 0.162 e. The summed E-state index contributed by atoms with van der Waals surface area (Å²) >= 11 is 5.87. The molecule has 0 saturated carbocycles. The molecular formula is C9H9NOS2. The van der Waals surface area contributed by atoms with Crippen molar-refractivity contribution in [2.45, 2.75) is 12.7 Å². The van der Waals surface area contributed by atoms with E-state index in [1.54, 1.807) is 17.6 Å². The van der Waals surface area contributed by atoms with Crippen molar-refractivity contribution in [2.75, 3.05) is 0 Å². The zero-order valence-corrected chi connectivity index (χ0v) is 8.86. The van der Waals surface area contributed by atoms with Crippen molar-refractivity contribution in [3.63, 3.8) is 0 Å². The lowest BCUT2D eigenvalue weighted by molar-refractivity contribution is 0.581. The average Bonchev–Trinajstić information content (AvgIpc) is 2.71. The molecule has 0 fully saturated rings. The molecule has 2 heterocycles. The van der Waals surface area contributed by atoms with E-state index in [9.17, 15) is 0 Å². The summed E-state index contributed by atoms with van der Waals surface area (Å²) in [6.45, 7) is 1.99. The van der Waals surface area contributed by atoms with Crippen LogP contribution in [0.25, 0.3) is 10.8 Å². The van der Waals surface area contributed by atoms with Gasteiger partial charge >= 0.3 is 0 Å². The van der Waals surface area contributed by atoms with Crippen LogP contribution < -0.4 is 0 Å². The summed E-state index contributed by atoms with van der Waals surface area (Å²) in [5.41, 5.74) is 1.05. The van der Waals surface area contributed by atoms with Gasteiger partial charge in [-0.15, -0.1) is 11.3 Å². The predicted molar refractivity (Wildman–Crippen MR) is 57.2 cm³/mol. The van der Waals surface area contributed by atoms with Gasteiger partial charge in [0.1, 0.15) is 0 Å². The minimum atomic E-state index is 0.740. The van der Waals surface area contributed by atoms with Crippen LogP contribution in [0.1, 0.15) is 10.6 Å². The second-order valence-electron chi connectivity index (χ2n) is 2.66. The zero-order valence-electron chi connectivity index (χ0n) is 7.15.